The average molecular weight is 248 g/mol. The highest BCUT2D eigenvalue weighted by molar-refractivity contribution is 5.93. The maximum absolute atomic E-state index is 11.3. The van der Waals surface area contributed by atoms with Crippen LogP contribution in [0.25, 0.3) is 0 Å². The van der Waals surface area contributed by atoms with Crippen LogP contribution in [0.1, 0.15) is 36.8 Å². The van der Waals surface area contributed by atoms with Gasteiger partial charge in [-0.3, -0.25) is 0 Å². The minimum absolute atomic E-state index is 0.220. The predicted octanol–water partition coefficient (Wildman–Crippen LogP) is 2.88. The third-order valence-electron chi connectivity index (χ3n) is 2.62. The first-order valence-electron chi connectivity index (χ1n) is 5.87. The molecule has 1 aromatic heterocycles. The standard InChI is InChI=1S/C14H20N2O2/c1-6-9-16(14(3,4)5)12-11(13(17)18)8-7-10(2)15-12/h6-8H,1,9H2,2-5H3,(H,17,18). The summed E-state index contributed by atoms with van der Waals surface area (Å²) in [6, 6.07) is 3.31. The number of hydrogen-bond donors (Lipinski definition) is 1. The molecule has 4 heteroatoms. The summed E-state index contributed by atoms with van der Waals surface area (Å²) in [4.78, 5) is 17.6. The molecule has 0 unspecified atom stereocenters. The number of hydrogen-bond acceptors (Lipinski definition) is 3. The van der Waals surface area contributed by atoms with Gasteiger partial charge in [-0.15, -0.1) is 6.58 Å². The van der Waals surface area contributed by atoms with E-state index < -0.39 is 5.97 Å². The molecule has 0 aliphatic carbocycles. The van der Waals surface area contributed by atoms with Crippen molar-refractivity contribution in [3.8, 4) is 0 Å². The molecule has 1 rings (SSSR count). The average Bonchev–Trinajstić information content (AvgIpc) is 2.23. The number of pyridine rings is 1. The monoisotopic (exact) mass is 248 g/mol. The van der Waals surface area contributed by atoms with E-state index in [9.17, 15) is 9.90 Å². The van der Waals surface area contributed by atoms with Gasteiger partial charge in [0.2, 0.25) is 0 Å². The lowest BCUT2D eigenvalue weighted by atomic mass is 10.0. The fourth-order valence-electron chi connectivity index (χ4n) is 1.72. The molecule has 0 fully saturated rings. The van der Waals surface area contributed by atoms with Crippen molar-refractivity contribution >= 4 is 11.8 Å². The van der Waals surface area contributed by atoms with Gasteiger partial charge >= 0.3 is 5.97 Å². The zero-order valence-corrected chi connectivity index (χ0v) is 11.4. The van der Waals surface area contributed by atoms with Crippen molar-refractivity contribution in [2.45, 2.75) is 33.2 Å². The van der Waals surface area contributed by atoms with Crippen LogP contribution in [-0.2, 0) is 0 Å². The fourth-order valence-corrected chi connectivity index (χ4v) is 1.72. The molecular weight excluding hydrogens is 228 g/mol. The van der Waals surface area contributed by atoms with Crippen molar-refractivity contribution in [3.63, 3.8) is 0 Å². The van der Waals surface area contributed by atoms with Crippen LogP contribution in [0.15, 0.2) is 24.8 Å². The van der Waals surface area contributed by atoms with E-state index in [-0.39, 0.29) is 11.1 Å². The van der Waals surface area contributed by atoms with E-state index in [0.29, 0.717) is 12.4 Å². The summed E-state index contributed by atoms with van der Waals surface area (Å²) in [6.45, 7) is 12.2. The zero-order chi connectivity index (χ0) is 13.9. The second-order valence-electron chi connectivity index (χ2n) is 5.20. The number of anilines is 1. The number of carboxylic acids is 1. The number of nitrogens with zero attached hydrogens (tertiary/aromatic N) is 2. The van der Waals surface area contributed by atoms with Crippen molar-refractivity contribution in [1.82, 2.24) is 4.98 Å². The molecular formula is C14H20N2O2. The van der Waals surface area contributed by atoms with Gasteiger partial charge in [-0.2, -0.15) is 0 Å². The summed E-state index contributed by atoms with van der Waals surface area (Å²) in [7, 11) is 0. The Morgan fingerprint density at radius 2 is 2.11 bits per heavy atom. The highest BCUT2D eigenvalue weighted by atomic mass is 16.4. The lowest BCUT2D eigenvalue weighted by molar-refractivity contribution is 0.0697. The maximum atomic E-state index is 11.3. The number of rotatable bonds is 4. The number of carbonyl (C=O) groups is 1. The molecule has 0 saturated carbocycles. The van der Waals surface area contributed by atoms with Gasteiger partial charge in [0, 0.05) is 17.8 Å². The first-order valence-corrected chi connectivity index (χ1v) is 5.87. The summed E-state index contributed by atoms with van der Waals surface area (Å²) < 4.78 is 0. The van der Waals surface area contributed by atoms with Crippen LogP contribution in [0.5, 0.6) is 0 Å². The van der Waals surface area contributed by atoms with E-state index in [2.05, 4.69) is 11.6 Å². The summed E-state index contributed by atoms with van der Waals surface area (Å²) in [5, 5.41) is 9.25. The third kappa shape index (κ3) is 3.09. The summed E-state index contributed by atoms with van der Waals surface area (Å²) in [6.07, 6.45) is 1.75. The Labute approximate surface area is 108 Å². The lowest BCUT2D eigenvalue weighted by Crippen LogP contribution is -2.43. The van der Waals surface area contributed by atoms with Gasteiger partial charge in [-0.25, -0.2) is 9.78 Å². The van der Waals surface area contributed by atoms with E-state index in [1.54, 1.807) is 18.2 Å². The first-order chi connectivity index (χ1) is 8.27. The maximum Gasteiger partial charge on any atom is 0.339 e. The number of aromatic nitrogens is 1. The summed E-state index contributed by atoms with van der Waals surface area (Å²) >= 11 is 0. The minimum Gasteiger partial charge on any atom is -0.478 e. The highest BCUT2D eigenvalue weighted by Crippen LogP contribution is 2.26. The summed E-state index contributed by atoms with van der Waals surface area (Å²) in [5.41, 5.74) is 0.796. The highest BCUT2D eigenvalue weighted by Gasteiger charge is 2.26. The SMILES string of the molecule is C=CCN(c1nc(C)ccc1C(=O)O)C(C)(C)C. The van der Waals surface area contributed by atoms with Crippen LogP contribution in [0.2, 0.25) is 0 Å². The van der Waals surface area contributed by atoms with Crippen molar-refractivity contribution in [1.29, 1.82) is 0 Å². The van der Waals surface area contributed by atoms with Crippen molar-refractivity contribution in [2.75, 3.05) is 11.4 Å². The Kier molecular flexibility index (Phi) is 4.11. The van der Waals surface area contributed by atoms with Gasteiger partial charge in [-0.05, 0) is 39.8 Å². The number of aryl methyl sites for hydroxylation is 1. The quantitative estimate of drug-likeness (QED) is 0.832. The number of carboxylic acid groups (broad SMARTS) is 1. The molecule has 0 aliphatic rings. The molecule has 1 heterocycles. The molecule has 0 radical (unpaired) electrons. The molecule has 0 atom stereocenters. The second-order valence-corrected chi connectivity index (χ2v) is 5.20. The van der Waals surface area contributed by atoms with Gasteiger partial charge in [0.25, 0.3) is 0 Å². The normalized spacial score (nSPS) is 11.1. The summed E-state index contributed by atoms with van der Waals surface area (Å²) in [5.74, 6) is -0.467. The molecule has 0 saturated heterocycles. The molecule has 4 nitrogen and oxygen atoms in total. The zero-order valence-electron chi connectivity index (χ0n) is 11.4. The van der Waals surface area contributed by atoms with E-state index in [4.69, 9.17) is 0 Å². The van der Waals surface area contributed by atoms with Crippen LogP contribution in [0.3, 0.4) is 0 Å². The molecule has 0 aliphatic heterocycles. The predicted molar refractivity (Wildman–Crippen MR) is 73.2 cm³/mol. The largest absolute Gasteiger partial charge is 0.478 e. The Morgan fingerprint density at radius 3 is 2.56 bits per heavy atom. The van der Waals surface area contributed by atoms with Gasteiger partial charge in [-0.1, -0.05) is 6.08 Å². The Hall–Kier alpha value is -1.84. The van der Waals surface area contributed by atoms with E-state index in [1.807, 2.05) is 32.6 Å². The van der Waals surface area contributed by atoms with Gasteiger partial charge in [0.05, 0.1) is 0 Å². The van der Waals surface area contributed by atoms with Crippen LogP contribution in [0, 0.1) is 6.92 Å². The topological polar surface area (TPSA) is 53.4 Å². The fraction of sp³-hybridized carbons (Fsp3) is 0.429. The van der Waals surface area contributed by atoms with Gasteiger partial charge in [0.15, 0.2) is 0 Å². The molecule has 0 aromatic carbocycles. The number of aromatic carboxylic acids is 1. The van der Waals surface area contributed by atoms with Crippen LogP contribution < -0.4 is 4.90 Å². The molecule has 1 aromatic rings. The minimum atomic E-state index is -0.962. The van der Waals surface area contributed by atoms with Gasteiger partial charge in [0.1, 0.15) is 11.4 Å². The molecule has 1 N–H and O–H groups in total. The van der Waals surface area contributed by atoms with Crippen molar-refractivity contribution < 1.29 is 9.90 Å². The Morgan fingerprint density at radius 1 is 1.50 bits per heavy atom. The smallest absolute Gasteiger partial charge is 0.339 e. The lowest BCUT2D eigenvalue weighted by Gasteiger charge is -2.36. The first kappa shape index (κ1) is 14.2. The van der Waals surface area contributed by atoms with Crippen LogP contribution in [-0.4, -0.2) is 28.1 Å². The van der Waals surface area contributed by atoms with Crippen molar-refractivity contribution in [2.24, 2.45) is 0 Å². The molecule has 98 valence electrons. The van der Waals surface area contributed by atoms with Crippen LogP contribution >= 0.6 is 0 Å². The van der Waals surface area contributed by atoms with E-state index in [1.165, 1.54) is 0 Å². The van der Waals surface area contributed by atoms with Crippen LogP contribution in [0.4, 0.5) is 5.82 Å². The molecule has 18 heavy (non-hydrogen) atoms. The molecule has 0 amide bonds. The van der Waals surface area contributed by atoms with Gasteiger partial charge < -0.3 is 10.0 Å². The second kappa shape index (κ2) is 5.21. The molecule has 0 bridgehead atoms. The Bertz CT molecular complexity index is 461. The van der Waals surface area contributed by atoms with E-state index >= 15 is 0 Å². The third-order valence-corrected chi connectivity index (χ3v) is 2.62. The molecule has 0 spiro atoms. The van der Waals surface area contributed by atoms with Crippen molar-refractivity contribution in [3.05, 3.63) is 36.0 Å². The van der Waals surface area contributed by atoms with E-state index in [0.717, 1.165) is 5.69 Å². The Balaban J connectivity index is 3.38.